The van der Waals surface area contributed by atoms with Gasteiger partial charge in [0.05, 0.1) is 5.60 Å². The number of carbonyl (C=O) groups excluding carboxylic acids is 1. The minimum atomic E-state index is -0.847. The predicted octanol–water partition coefficient (Wildman–Crippen LogP) is 4.35. The molecule has 0 atom stereocenters. The Labute approximate surface area is 131 Å². The highest BCUT2D eigenvalue weighted by molar-refractivity contribution is 5.87. The Hall–Kier alpha value is -0.830. The van der Waals surface area contributed by atoms with Crippen LogP contribution in [0.1, 0.15) is 85.0 Å². The number of rotatable bonds is 13. The van der Waals surface area contributed by atoms with Gasteiger partial charge in [0.15, 0.2) is 0 Å². The molecule has 0 unspecified atom stereocenters. The van der Waals surface area contributed by atoms with E-state index in [1.807, 2.05) is 6.08 Å². The Bertz CT molecular complexity index is 279. The van der Waals surface area contributed by atoms with E-state index in [-0.39, 0.29) is 12.5 Å². The van der Waals surface area contributed by atoms with Gasteiger partial charge in [-0.05, 0) is 32.8 Å². The lowest BCUT2D eigenvalue weighted by Gasteiger charge is -2.16. The first-order chi connectivity index (χ1) is 9.95. The monoisotopic (exact) mass is 297 g/mol. The van der Waals surface area contributed by atoms with Gasteiger partial charge in [0.1, 0.15) is 0 Å². The van der Waals surface area contributed by atoms with Gasteiger partial charge in [-0.15, -0.1) is 0 Å². The summed E-state index contributed by atoms with van der Waals surface area (Å²) in [5, 5.41) is 12.2. The normalized spacial score (nSPS) is 12.0. The van der Waals surface area contributed by atoms with Crippen LogP contribution in [-0.2, 0) is 4.79 Å². The van der Waals surface area contributed by atoms with Crippen molar-refractivity contribution in [3.05, 3.63) is 12.2 Å². The van der Waals surface area contributed by atoms with Crippen molar-refractivity contribution in [3.8, 4) is 0 Å². The number of hydrogen-bond donors (Lipinski definition) is 2. The van der Waals surface area contributed by atoms with Crippen molar-refractivity contribution in [1.29, 1.82) is 0 Å². The van der Waals surface area contributed by atoms with Gasteiger partial charge in [0.2, 0.25) is 5.91 Å². The number of unbranched alkanes of at least 4 members (excludes halogenated alkanes) is 9. The van der Waals surface area contributed by atoms with Crippen molar-refractivity contribution in [1.82, 2.24) is 5.32 Å². The molecule has 0 aliphatic heterocycles. The van der Waals surface area contributed by atoms with E-state index in [0.29, 0.717) is 0 Å². The third kappa shape index (κ3) is 17.1. The van der Waals surface area contributed by atoms with E-state index in [2.05, 4.69) is 12.2 Å². The van der Waals surface area contributed by atoms with Crippen LogP contribution in [0.3, 0.4) is 0 Å². The van der Waals surface area contributed by atoms with E-state index in [1.165, 1.54) is 51.4 Å². The topological polar surface area (TPSA) is 49.3 Å². The molecule has 2 N–H and O–H groups in total. The van der Waals surface area contributed by atoms with Crippen LogP contribution in [0.5, 0.6) is 0 Å². The van der Waals surface area contributed by atoms with E-state index in [9.17, 15) is 9.90 Å². The fourth-order valence-corrected chi connectivity index (χ4v) is 2.13. The lowest BCUT2D eigenvalue weighted by molar-refractivity contribution is -0.117. The molecule has 0 aromatic carbocycles. The largest absolute Gasteiger partial charge is 0.389 e. The Morgan fingerprint density at radius 1 is 1.00 bits per heavy atom. The average Bonchev–Trinajstić information content (AvgIpc) is 2.42. The van der Waals surface area contributed by atoms with Crippen LogP contribution in [0.2, 0.25) is 0 Å². The van der Waals surface area contributed by atoms with Crippen molar-refractivity contribution in [2.75, 3.05) is 6.54 Å². The van der Waals surface area contributed by atoms with E-state index in [4.69, 9.17) is 0 Å². The van der Waals surface area contributed by atoms with Crippen LogP contribution in [0.25, 0.3) is 0 Å². The van der Waals surface area contributed by atoms with Crippen molar-refractivity contribution in [2.24, 2.45) is 0 Å². The van der Waals surface area contributed by atoms with Gasteiger partial charge in [-0.3, -0.25) is 4.79 Å². The van der Waals surface area contributed by atoms with Crippen molar-refractivity contribution in [3.63, 3.8) is 0 Å². The van der Waals surface area contributed by atoms with Crippen LogP contribution >= 0.6 is 0 Å². The number of amides is 1. The molecule has 0 saturated heterocycles. The molecule has 21 heavy (non-hydrogen) atoms. The van der Waals surface area contributed by atoms with Crippen LogP contribution < -0.4 is 5.32 Å². The molecule has 1 amide bonds. The minimum Gasteiger partial charge on any atom is -0.389 e. The first-order valence-electron chi connectivity index (χ1n) is 8.62. The SMILES string of the molecule is CCCCCCCCCCC/C=C/C(=O)NCC(C)(C)O. The van der Waals surface area contributed by atoms with Gasteiger partial charge in [-0.25, -0.2) is 0 Å². The zero-order valence-corrected chi connectivity index (χ0v) is 14.3. The zero-order chi connectivity index (χ0) is 16.0. The lowest BCUT2D eigenvalue weighted by Crippen LogP contribution is -2.37. The van der Waals surface area contributed by atoms with Gasteiger partial charge < -0.3 is 10.4 Å². The summed E-state index contributed by atoms with van der Waals surface area (Å²) in [6, 6.07) is 0. The van der Waals surface area contributed by atoms with E-state index >= 15 is 0 Å². The molecule has 0 aliphatic rings. The molecule has 0 bridgehead atoms. The highest BCUT2D eigenvalue weighted by atomic mass is 16.3. The number of allylic oxidation sites excluding steroid dienone is 1. The smallest absolute Gasteiger partial charge is 0.243 e. The molecule has 3 heteroatoms. The molecule has 0 fully saturated rings. The molecule has 0 saturated carbocycles. The van der Waals surface area contributed by atoms with E-state index in [0.717, 1.165) is 12.8 Å². The molecular formula is C18H35NO2. The standard InChI is InChI=1S/C18H35NO2/c1-4-5-6-7-8-9-10-11-12-13-14-15-17(20)19-16-18(2,3)21/h14-15,21H,4-13,16H2,1-3H3,(H,19,20)/b15-14+. The fraction of sp³-hybridized carbons (Fsp3) is 0.833. The summed E-state index contributed by atoms with van der Waals surface area (Å²) in [7, 11) is 0. The highest BCUT2D eigenvalue weighted by Crippen LogP contribution is 2.10. The van der Waals surface area contributed by atoms with Crippen LogP contribution in [-0.4, -0.2) is 23.2 Å². The fourth-order valence-electron chi connectivity index (χ4n) is 2.13. The number of hydrogen-bond acceptors (Lipinski definition) is 2. The van der Waals surface area contributed by atoms with Gasteiger partial charge >= 0.3 is 0 Å². The van der Waals surface area contributed by atoms with Crippen LogP contribution in [0.15, 0.2) is 12.2 Å². The van der Waals surface area contributed by atoms with E-state index < -0.39 is 5.60 Å². The Balaban J connectivity index is 3.34. The summed E-state index contributed by atoms with van der Waals surface area (Å²) in [5.41, 5.74) is -0.847. The summed E-state index contributed by atoms with van der Waals surface area (Å²) in [4.78, 5) is 11.4. The first kappa shape index (κ1) is 20.2. The molecule has 0 aromatic rings. The van der Waals surface area contributed by atoms with Crippen LogP contribution in [0.4, 0.5) is 0 Å². The molecule has 0 radical (unpaired) electrons. The summed E-state index contributed by atoms with van der Waals surface area (Å²) in [6.07, 6.45) is 16.4. The molecule has 0 aromatic heterocycles. The first-order valence-corrected chi connectivity index (χ1v) is 8.62. The number of nitrogens with one attached hydrogen (secondary N) is 1. The molecule has 0 aliphatic carbocycles. The second-order valence-electron chi connectivity index (χ2n) is 6.55. The molecule has 3 nitrogen and oxygen atoms in total. The summed E-state index contributed by atoms with van der Waals surface area (Å²) in [5.74, 6) is -0.118. The summed E-state index contributed by atoms with van der Waals surface area (Å²) >= 11 is 0. The molecule has 0 spiro atoms. The van der Waals surface area contributed by atoms with Gasteiger partial charge in [0, 0.05) is 6.54 Å². The molecule has 0 rings (SSSR count). The summed E-state index contributed by atoms with van der Waals surface area (Å²) < 4.78 is 0. The maximum atomic E-state index is 11.4. The highest BCUT2D eigenvalue weighted by Gasteiger charge is 2.12. The predicted molar refractivity (Wildman–Crippen MR) is 90.3 cm³/mol. The van der Waals surface area contributed by atoms with Gasteiger partial charge in [-0.2, -0.15) is 0 Å². The van der Waals surface area contributed by atoms with Crippen molar-refractivity contribution >= 4 is 5.91 Å². The molecule has 0 heterocycles. The molecule has 124 valence electrons. The average molecular weight is 297 g/mol. The Morgan fingerprint density at radius 2 is 1.52 bits per heavy atom. The molecular weight excluding hydrogens is 262 g/mol. The third-order valence-corrected chi connectivity index (χ3v) is 3.44. The second-order valence-corrected chi connectivity index (χ2v) is 6.55. The van der Waals surface area contributed by atoms with Crippen molar-refractivity contribution < 1.29 is 9.90 Å². The third-order valence-electron chi connectivity index (χ3n) is 3.44. The van der Waals surface area contributed by atoms with Gasteiger partial charge in [0.25, 0.3) is 0 Å². The van der Waals surface area contributed by atoms with Crippen molar-refractivity contribution in [2.45, 2.75) is 90.6 Å². The maximum Gasteiger partial charge on any atom is 0.243 e. The van der Waals surface area contributed by atoms with E-state index in [1.54, 1.807) is 19.9 Å². The summed E-state index contributed by atoms with van der Waals surface area (Å²) in [6.45, 7) is 5.89. The minimum absolute atomic E-state index is 0.118. The Kier molecular flexibility index (Phi) is 12.4. The lowest BCUT2D eigenvalue weighted by atomic mass is 10.1. The zero-order valence-electron chi connectivity index (χ0n) is 14.3. The van der Waals surface area contributed by atoms with Crippen LogP contribution in [0, 0.1) is 0 Å². The van der Waals surface area contributed by atoms with Gasteiger partial charge in [-0.1, -0.05) is 64.4 Å². The second kappa shape index (κ2) is 12.9. The maximum absolute atomic E-state index is 11.4. The Morgan fingerprint density at radius 3 is 2.05 bits per heavy atom. The quantitative estimate of drug-likeness (QED) is 0.392. The number of carbonyl (C=O) groups is 1. The number of aliphatic hydroxyl groups is 1.